The molecule has 0 spiro atoms. The van der Waals surface area contributed by atoms with E-state index in [9.17, 15) is 4.79 Å². The summed E-state index contributed by atoms with van der Waals surface area (Å²) in [6, 6.07) is 10.7. The Balaban J connectivity index is 1.46. The van der Waals surface area contributed by atoms with E-state index < -0.39 is 0 Å². The summed E-state index contributed by atoms with van der Waals surface area (Å²) >= 11 is 7.79. The standard InChI is InChI=1S/C19H18ClN5O2S/c20-13-3-5-14(6-4-13)25-12-23-24-17(25)10-22-18(26)16-2-1-8-21-19(16)27-15-7-9-28-11-15/h1-6,8,12,15H,7,9-11H2,(H,22,26). The minimum atomic E-state index is -0.264. The van der Waals surface area contributed by atoms with Crippen molar-refractivity contribution in [3.63, 3.8) is 0 Å². The average molecular weight is 416 g/mol. The molecule has 0 radical (unpaired) electrons. The summed E-state index contributed by atoms with van der Waals surface area (Å²) in [5.41, 5.74) is 1.28. The van der Waals surface area contributed by atoms with Crippen LogP contribution in [0.2, 0.25) is 5.02 Å². The zero-order chi connectivity index (χ0) is 19.3. The number of amides is 1. The van der Waals surface area contributed by atoms with E-state index in [0.29, 0.717) is 22.3 Å². The molecule has 9 heteroatoms. The number of nitrogens with one attached hydrogen (secondary N) is 1. The van der Waals surface area contributed by atoms with E-state index in [4.69, 9.17) is 16.3 Å². The maximum atomic E-state index is 12.7. The third kappa shape index (κ3) is 4.28. The van der Waals surface area contributed by atoms with E-state index in [-0.39, 0.29) is 18.6 Å². The summed E-state index contributed by atoms with van der Waals surface area (Å²) in [6.07, 6.45) is 4.29. The number of hydrogen-bond donors (Lipinski definition) is 1. The van der Waals surface area contributed by atoms with Crippen LogP contribution in [0.4, 0.5) is 0 Å². The minimum Gasteiger partial charge on any atom is -0.473 e. The van der Waals surface area contributed by atoms with E-state index in [1.165, 1.54) is 0 Å². The molecule has 2 aromatic heterocycles. The molecule has 1 amide bonds. The van der Waals surface area contributed by atoms with Crippen molar-refractivity contribution in [3.05, 3.63) is 65.3 Å². The van der Waals surface area contributed by atoms with Gasteiger partial charge in [0, 0.05) is 22.7 Å². The fourth-order valence-corrected chi connectivity index (χ4v) is 4.09. The molecule has 1 saturated heterocycles. The summed E-state index contributed by atoms with van der Waals surface area (Å²) in [4.78, 5) is 17.0. The Kier molecular flexibility index (Phi) is 5.78. The summed E-state index contributed by atoms with van der Waals surface area (Å²) in [5, 5.41) is 11.6. The van der Waals surface area contributed by atoms with Crippen molar-refractivity contribution in [3.8, 4) is 11.6 Å². The number of benzene rings is 1. The Morgan fingerprint density at radius 2 is 2.18 bits per heavy atom. The monoisotopic (exact) mass is 415 g/mol. The second-order valence-electron chi connectivity index (χ2n) is 6.24. The molecule has 0 saturated carbocycles. The molecule has 1 aliphatic rings. The third-order valence-electron chi connectivity index (χ3n) is 4.31. The van der Waals surface area contributed by atoms with Gasteiger partial charge in [-0.3, -0.25) is 9.36 Å². The Hall–Kier alpha value is -2.58. The molecule has 1 atom stereocenters. The van der Waals surface area contributed by atoms with Gasteiger partial charge in [0.1, 0.15) is 18.0 Å². The number of ether oxygens (including phenoxy) is 1. The lowest BCUT2D eigenvalue weighted by Crippen LogP contribution is -2.26. The van der Waals surface area contributed by atoms with Crippen LogP contribution in [0.1, 0.15) is 22.6 Å². The van der Waals surface area contributed by atoms with Gasteiger partial charge in [0.15, 0.2) is 5.82 Å². The molecule has 1 aromatic carbocycles. The van der Waals surface area contributed by atoms with Crippen molar-refractivity contribution < 1.29 is 9.53 Å². The van der Waals surface area contributed by atoms with Crippen LogP contribution in [0.3, 0.4) is 0 Å². The molecule has 1 unspecified atom stereocenters. The normalized spacial score (nSPS) is 16.1. The lowest BCUT2D eigenvalue weighted by Gasteiger charge is -2.14. The molecule has 7 nitrogen and oxygen atoms in total. The van der Waals surface area contributed by atoms with Crippen LogP contribution < -0.4 is 10.1 Å². The van der Waals surface area contributed by atoms with Crippen LogP contribution in [-0.2, 0) is 6.54 Å². The van der Waals surface area contributed by atoms with Crippen molar-refractivity contribution in [2.24, 2.45) is 0 Å². The Morgan fingerprint density at radius 3 is 2.96 bits per heavy atom. The summed E-state index contributed by atoms with van der Waals surface area (Å²) in [5.74, 6) is 2.70. The third-order valence-corrected chi connectivity index (χ3v) is 5.70. The van der Waals surface area contributed by atoms with Gasteiger partial charge < -0.3 is 10.1 Å². The highest BCUT2D eigenvalue weighted by Gasteiger charge is 2.21. The fraction of sp³-hybridized carbons (Fsp3) is 0.263. The summed E-state index contributed by atoms with van der Waals surface area (Å²) in [6.45, 7) is 0.217. The van der Waals surface area contributed by atoms with Crippen LogP contribution in [0.25, 0.3) is 5.69 Å². The van der Waals surface area contributed by atoms with Crippen LogP contribution >= 0.6 is 23.4 Å². The van der Waals surface area contributed by atoms with Crippen molar-refractivity contribution >= 4 is 29.3 Å². The molecule has 3 aromatic rings. The number of halogens is 1. The predicted octanol–water partition coefficient (Wildman–Crippen LogP) is 3.13. The fourth-order valence-electron chi connectivity index (χ4n) is 2.87. The molecule has 1 aliphatic heterocycles. The van der Waals surface area contributed by atoms with Gasteiger partial charge >= 0.3 is 0 Å². The van der Waals surface area contributed by atoms with E-state index in [1.54, 1.807) is 41.4 Å². The number of nitrogens with zero attached hydrogens (tertiary/aromatic N) is 4. The molecule has 1 N–H and O–H groups in total. The van der Waals surface area contributed by atoms with Crippen LogP contribution in [0.15, 0.2) is 48.9 Å². The zero-order valence-electron chi connectivity index (χ0n) is 14.9. The molecule has 4 rings (SSSR count). The van der Waals surface area contributed by atoms with Crippen LogP contribution in [-0.4, -0.2) is 43.3 Å². The Labute approximate surface area is 171 Å². The Bertz CT molecular complexity index is 957. The first-order valence-electron chi connectivity index (χ1n) is 8.83. The maximum absolute atomic E-state index is 12.7. The van der Waals surface area contributed by atoms with Crippen molar-refractivity contribution in [1.29, 1.82) is 0 Å². The quantitative estimate of drug-likeness (QED) is 0.666. The summed E-state index contributed by atoms with van der Waals surface area (Å²) < 4.78 is 7.73. The average Bonchev–Trinajstić information content (AvgIpc) is 3.39. The first-order valence-corrected chi connectivity index (χ1v) is 10.4. The molecular weight excluding hydrogens is 398 g/mol. The van der Waals surface area contributed by atoms with E-state index in [0.717, 1.165) is 23.6 Å². The predicted molar refractivity (Wildman–Crippen MR) is 108 cm³/mol. The van der Waals surface area contributed by atoms with Crippen LogP contribution in [0.5, 0.6) is 5.88 Å². The number of hydrogen-bond acceptors (Lipinski definition) is 6. The van der Waals surface area contributed by atoms with Crippen LogP contribution in [0, 0.1) is 0 Å². The van der Waals surface area contributed by atoms with Gasteiger partial charge in [-0.15, -0.1) is 10.2 Å². The molecule has 3 heterocycles. The zero-order valence-corrected chi connectivity index (χ0v) is 16.5. The number of carbonyl (C=O) groups excluding carboxylic acids is 1. The SMILES string of the molecule is O=C(NCc1nncn1-c1ccc(Cl)cc1)c1cccnc1OC1CCSC1. The number of thioether (sulfide) groups is 1. The first kappa shape index (κ1) is 18.8. The highest BCUT2D eigenvalue weighted by molar-refractivity contribution is 7.99. The van der Waals surface area contributed by atoms with Gasteiger partial charge in [0.2, 0.25) is 5.88 Å². The highest BCUT2D eigenvalue weighted by atomic mass is 35.5. The molecule has 144 valence electrons. The number of pyridine rings is 1. The van der Waals surface area contributed by atoms with E-state index in [2.05, 4.69) is 20.5 Å². The Morgan fingerprint density at radius 1 is 1.32 bits per heavy atom. The number of aromatic nitrogens is 4. The van der Waals surface area contributed by atoms with E-state index in [1.807, 2.05) is 23.9 Å². The van der Waals surface area contributed by atoms with E-state index >= 15 is 0 Å². The van der Waals surface area contributed by atoms with Gasteiger partial charge in [0.25, 0.3) is 5.91 Å². The number of rotatable bonds is 6. The first-order chi connectivity index (χ1) is 13.7. The topological polar surface area (TPSA) is 81.9 Å². The van der Waals surface area contributed by atoms with Gasteiger partial charge in [-0.1, -0.05) is 11.6 Å². The minimum absolute atomic E-state index is 0.0967. The lowest BCUT2D eigenvalue weighted by molar-refractivity contribution is 0.0942. The second-order valence-corrected chi connectivity index (χ2v) is 7.82. The molecule has 0 bridgehead atoms. The van der Waals surface area contributed by atoms with Crippen molar-refractivity contribution in [2.45, 2.75) is 19.1 Å². The van der Waals surface area contributed by atoms with Crippen molar-refractivity contribution in [1.82, 2.24) is 25.1 Å². The molecular formula is C19H18ClN5O2S. The largest absolute Gasteiger partial charge is 0.473 e. The molecule has 28 heavy (non-hydrogen) atoms. The number of carbonyl (C=O) groups is 1. The smallest absolute Gasteiger partial charge is 0.257 e. The summed E-state index contributed by atoms with van der Waals surface area (Å²) in [7, 11) is 0. The van der Waals surface area contributed by atoms with Gasteiger partial charge in [-0.25, -0.2) is 4.98 Å². The van der Waals surface area contributed by atoms with Gasteiger partial charge in [-0.2, -0.15) is 11.8 Å². The lowest BCUT2D eigenvalue weighted by atomic mass is 10.2. The maximum Gasteiger partial charge on any atom is 0.257 e. The van der Waals surface area contributed by atoms with Gasteiger partial charge in [0.05, 0.1) is 6.54 Å². The molecule has 1 fully saturated rings. The van der Waals surface area contributed by atoms with Crippen molar-refractivity contribution in [2.75, 3.05) is 11.5 Å². The second kappa shape index (κ2) is 8.62. The van der Waals surface area contributed by atoms with Gasteiger partial charge in [-0.05, 0) is 48.6 Å². The molecule has 0 aliphatic carbocycles. The highest BCUT2D eigenvalue weighted by Crippen LogP contribution is 2.24.